The van der Waals surface area contributed by atoms with Crippen LogP contribution in [-0.4, -0.2) is 26.1 Å². The molecule has 1 fully saturated rings. The summed E-state index contributed by atoms with van der Waals surface area (Å²) < 4.78 is 26.0. The minimum Gasteiger partial charge on any atom is -0.369 e. The van der Waals surface area contributed by atoms with E-state index in [1.165, 1.54) is 0 Å². The van der Waals surface area contributed by atoms with E-state index in [1.54, 1.807) is 6.92 Å². The van der Waals surface area contributed by atoms with Crippen LogP contribution in [0.4, 0.5) is 0 Å². The Bertz CT molecular complexity index is 326. The lowest BCUT2D eigenvalue weighted by molar-refractivity contribution is -0.122. The third-order valence-corrected chi connectivity index (χ3v) is 4.86. The predicted octanol–water partition coefficient (Wildman–Crippen LogP) is -0.0302. The Labute approximate surface area is 90.5 Å². The van der Waals surface area contributed by atoms with Gasteiger partial charge >= 0.3 is 0 Å². The number of nitrogens with two attached hydrogens (primary N) is 1. The number of hydrogen-bond donors (Lipinski definition) is 2. The number of amides is 1. The standard InChI is InChI=1S/C9H18N2O3S/c1-2-11-15(13,14)8-6-4-3-5-7(8)9(10)12/h7-8,11H,2-6H2,1H3,(H2,10,12)/t7-,8+/m0/s1. The zero-order valence-corrected chi connectivity index (χ0v) is 9.72. The van der Waals surface area contributed by atoms with Crippen molar-refractivity contribution >= 4 is 15.9 Å². The first-order chi connectivity index (χ1) is 6.99. The van der Waals surface area contributed by atoms with Crippen LogP contribution >= 0.6 is 0 Å². The van der Waals surface area contributed by atoms with E-state index in [2.05, 4.69) is 4.72 Å². The first kappa shape index (κ1) is 12.4. The van der Waals surface area contributed by atoms with E-state index in [4.69, 9.17) is 5.73 Å². The lowest BCUT2D eigenvalue weighted by atomic mass is 9.88. The van der Waals surface area contributed by atoms with E-state index in [9.17, 15) is 13.2 Å². The van der Waals surface area contributed by atoms with Gasteiger partial charge in [0.25, 0.3) is 0 Å². The molecule has 3 N–H and O–H groups in total. The molecule has 0 bridgehead atoms. The highest BCUT2D eigenvalue weighted by Crippen LogP contribution is 2.28. The largest absolute Gasteiger partial charge is 0.369 e. The molecule has 1 amide bonds. The van der Waals surface area contributed by atoms with Crippen LogP contribution < -0.4 is 10.5 Å². The fourth-order valence-electron chi connectivity index (χ4n) is 2.10. The number of sulfonamides is 1. The van der Waals surface area contributed by atoms with Gasteiger partial charge < -0.3 is 5.73 Å². The Morgan fingerprint density at radius 2 is 2.00 bits per heavy atom. The van der Waals surface area contributed by atoms with Crippen molar-refractivity contribution in [3.05, 3.63) is 0 Å². The molecule has 1 aliphatic carbocycles. The molecule has 0 aliphatic heterocycles. The van der Waals surface area contributed by atoms with E-state index in [0.29, 0.717) is 19.4 Å². The Morgan fingerprint density at radius 1 is 1.40 bits per heavy atom. The summed E-state index contributed by atoms with van der Waals surface area (Å²) in [6, 6.07) is 0. The number of primary amides is 1. The molecule has 1 aliphatic rings. The molecule has 0 radical (unpaired) electrons. The molecule has 0 spiro atoms. The lowest BCUT2D eigenvalue weighted by Gasteiger charge is -2.28. The van der Waals surface area contributed by atoms with Crippen LogP contribution in [-0.2, 0) is 14.8 Å². The number of nitrogens with one attached hydrogen (secondary N) is 1. The average Bonchev–Trinajstić information content (AvgIpc) is 2.17. The van der Waals surface area contributed by atoms with Crippen LogP contribution in [0, 0.1) is 5.92 Å². The Kier molecular flexibility index (Phi) is 4.10. The highest BCUT2D eigenvalue weighted by molar-refractivity contribution is 7.90. The SMILES string of the molecule is CCNS(=O)(=O)[C@@H]1CCCC[C@@H]1C(N)=O. The summed E-state index contributed by atoms with van der Waals surface area (Å²) in [5, 5.41) is -0.635. The first-order valence-corrected chi connectivity index (χ1v) is 6.81. The van der Waals surface area contributed by atoms with Gasteiger partial charge in [0.1, 0.15) is 0 Å². The monoisotopic (exact) mass is 234 g/mol. The smallest absolute Gasteiger partial charge is 0.221 e. The second kappa shape index (κ2) is 4.94. The van der Waals surface area contributed by atoms with Gasteiger partial charge in [0.05, 0.1) is 11.2 Å². The van der Waals surface area contributed by atoms with E-state index in [0.717, 1.165) is 12.8 Å². The van der Waals surface area contributed by atoms with E-state index >= 15 is 0 Å². The summed E-state index contributed by atoms with van der Waals surface area (Å²) in [5.41, 5.74) is 5.22. The zero-order valence-electron chi connectivity index (χ0n) is 8.90. The number of carbonyl (C=O) groups is 1. The maximum atomic E-state index is 11.8. The van der Waals surface area contributed by atoms with Gasteiger partial charge in [0.2, 0.25) is 15.9 Å². The minimum atomic E-state index is -3.38. The molecule has 0 aromatic carbocycles. The highest BCUT2D eigenvalue weighted by atomic mass is 32.2. The fraction of sp³-hybridized carbons (Fsp3) is 0.889. The molecule has 0 unspecified atom stereocenters. The number of carbonyl (C=O) groups excluding carboxylic acids is 1. The van der Waals surface area contributed by atoms with E-state index < -0.39 is 27.1 Å². The van der Waals surface area contributed by atoms with Crippen molar-refractivity contribution in [3.8, 4) is 0 Å². The molecular weight excluding hydrogens is 216 g/mol. The van der Waals surface area contributed by atoms with E-state index in [-0.39, 0.29) is 0 Å². The van der Waals surface area contributed by atoms with Gasteiger partial charge in [-0.15, -0.1) is 0 Å². The molecule has 0 heterocycles. The zero-order chi connectivity index (χ0) is 11.5. The van der Waals surface area contributed by atoms with Crippen molar-refractivity contribution in [1.82, 2.24) is 4.72 Å². The summed E-state index contributed by atoms with van der Waals surface area (Å²) in [6.45, 7) is 2.07. The molecule has 0 aromatic rings. The Balaban J connectivity index is 2.85. The maximum absolute atomic E-state index is 11.8. The predicted molar refractivity (Wildman–Crippen MR) is 57.5 cm³/mol. The van der Waals surface area contributed by atoms with Gasteiger partial charge in [-0.05, 0) is 12.8 Å². The summed E-state index contributed by atoms with van der Waals surface area (Å²) in [6.07, 6.45) is 2.85. The minimum absolute atomic E-state index is 0.352. The van der Waals surface area contributed by atoms with Gasteiger partial charge in [0, 0.05) is 6.54 Å². The van der Waals surface area contributed by atoms with Crippen molar-refractivity contribution < 1.29 is 13.2 Å². The molecule has 5 nitrogen and oxygen atoms in total. The van der Waals surface area contributed by atoms with Gasteiger partial charge in [-0.2, -0.15) is 0 Å². The Hall–Kier alpha value is -0.620. The second-order valence-electron chi connectivity index (χ2n) is 3.87. The molecular formula is C9H18N2O3S. The molecule has 1 rings (SSSR count). The van der Waals surface area contributed by atoms with Crippen LogP contribution in [0.15, 0.2) is 0 Å². The third kappa shape index (κ3) is 2.92. The summed E-state index contributed by atoms with van der Waals surface area (Å²) >= 11 is 0. The molecule has 0 saturated heterocycles. The maximum Gasteiger partial charge on any atom is 0.221 e. The van der Waals surface area contributed by atoms with Crippen molar-refractivity contribution in [2.75, 3.05) is 6.54 Å². The average molecular weight is 234 g/mol. The van der Waals surface area contributed by atoms with Gasteiger partial charge in [-0.25, -0.2) is 13.1 Å². The van der Waals surface area contributed by atoms with Crippen molar-refractivity contribution in [2.24, 2.45) is 11.7 Å². The van der Waals surface area contributed by atoms with Crippen molar-refractivity contribution in [3.63, 3.8) is 0 Å². The van der Waals surface area contributed by atoms with Crippen LogP contribution in [0.5, 0.6) is 0 Å². The van der Waals surface area contributed by atoms with Gasteiger partial charge in [-0.1, -0.05) is 19.8 Å². The normalized spacial score (nSPS) is 27.5. The molecule has 0 aromatic heterocycles. The van der Waals surface area contributed by atoms with Crippen molar-refractivity contribution in [1.29, 1.82) is 0 Å². The van der Waals surface area contributed by atoms with Crippen LogP contribution in [0.2, 0.25) is 0 Å². The topological polar surface area (TPSA) is 89.3 Å². The molecule has 6 heteroatoms. The van der Waals surface area contributed by atoms with Crippen LogP contribution in [0.1, 0.15) is 32.6 Å². The summed E-state index contributed by atoms with van der Waals surface area (Å²) in [7, 11) is -3.38. The summed E-state index contributed by atoms with van der Waals surface area (Å²) in [5.74, 6) is -1.02. The van der Waals surface area contributed by atoms with Crippen LogP contribution in [0.25, 0.3) is 0 Å². The quantitative estimate of drug-likeness (QED) is 0.715. The molecule has 1 saturated carbocycles. The van der Waals surface area contributed by atoms with Gasteiger partial charge in [0.15, 0.2) is 0 Å². The Morgan fingerprint density at radius 3 is 2.53 bits per heavy atom. The van der Waals surface area contributed by atoms with Gasteiger partial charge in [-0.3, -0.25) is 4.79 Å². The fourth-order valence-corrected chi connectivity index (χ4v) is 3.90. The summed E-state index contributed by atoms with van der Waals surface area (Å²) in [4.78, 5) is 11.1. The second-order valence-corrected chi connectivity index (χ2v) is 5.86. The molecule has 88 valence electrons. The lowest BCUT2D eigenvalue weighted by Crippen LogP contribution is -2.45. The number of hydrogen-bond acceptors (Lipinski definition) is 3. The third-order valence-electron chi connectivity index (χ3n) is 2.81. The van der Waals surface area contributed by atoms with Crippen molar-refractivity contribution in [2.45, 2.75) is 37.9 Å². The van der Waals surface area contributed by atoms with Crippen LogP contribution in [0.3, 0.4) is 0 Å². The number of rotatable bonds is 4. The molecule has 15 heavy (non-hydrogen) atoms. The van der Waals surface area contributed by atoms with E-state index in [1.807, 2.05) is 0 Å². The first-order valence-electron chi connectivity index (χ1n) is 5.27. The molecule has 2 atom stereocenters. The highest BCUT2D eigenvalue weighted by Gasteiger charge is 2.38.